The monoisotopic (exact) mass is 283 g/mol. The van der Waals surface area contributed by atoms with Gasteiger partial charge in [-0.15, -0.1) is 0 Å². The van der Waals surface area contributed by atoms with Crippen LogP contribution in [0.25, 0.3) is 10.9 Å². The summed E-state index contributed by atoms with van der Waals surface area (Å²) in [5, 5.41) is 0.966. The Morgan fingerprint density at radius 2 is 1.76 bits per heavy atom. The first-order chi connectivity index (χ1) is 9.82. The van der Waals surface area contributed by atoms with E-state index in [-0.39, 0.29) is 11.2 Å². The first kappa shape index (κ1) is 14.2. The van der Waals surface area contributed by atoms with Crippen LogP contribution in [-0.2, 0) is 9.31 Å². The number of carbonyl (C=O) groups excluding carboxylic acids is 1. The molecule has 2 heterocycles. The van der Waals surface area contributed by atoms with Crippen LogP contribution in [0.1, 0.15) is 38.1 Å². The second-order valence-corrected chi connectivity index (χ2v) is 6.43. The minimum atomic E-state index is -0.419. The average Bonchev–Trinajstić information content (AvgIpc) is 2.66. The van der Waals surface area contributed by atoms with E-state index in [1.165, 1.54) is 0 Å². The number of aldehydes is 1. The van der Waals surface area contributed by atoms with Crippen molar-refractivity contribution in [3.05, 3.63) is 36.0 Å². The molecule has 1 fully saturated rings. The fourth-order valence-corrected chi connectivity index (χ4v) is 2.34. The molecule has 0 bridgehead atoms. The number of hydrogen-bond acceptors (Lipinski definition) is 4. The Kier molecular flexibility index (Phi) is 3.15. The summed E-state index contributed by atoms with van der Waals surface area (Å²) in [4.78, 5) is 15.2. The minimum Gasteiger partial charge on any atom is -0.399 e. The molecule has 4 nitrogen and oxygen atoms in total. The molecular weight excluding hydrogens is 265 g/mol. The molecule has 0 saturated carbocycles. The van der Waals surface area contributed by atoms with E-state index >= 15 is 0 Å². The van der Waals surface area contributed by atoms with Gasteiger partial charge in [-0.1, -0.05) is 18.2 Å². The summed E-state index contributed by atoms with van der Waals surface area (Å²) in [6, 6.07) is 7.45. The lowest BCUT2D eigenvalue weighted by Gasteiger charge is -2.32. The zero-order valence-electron chi connectivity index (χ0n) is 12.7. The summed E-state index contributed by atoms with van der Waals surface area (Å²) >= 11 is 0. The average molecular weight is 283 g/mol. The summed E-state index contributed by atoms with van der Waals surface area (Å²) in [6.07, 6.45) is 2.57. The molecule has 0 N–H and O–H groups in total. The summed E-state index contributed by atoms with van der Waals surface area (Å²) in [5.41, 5.74) is 1.57. The molecule has 108 valence electrons. The van der Waals surface area contributed by atoms with E-state index in [4.69, 9.17) is 9.31 Å². The van der Waals surface area contributed by atoms with E-state index in [2.05, 4.69) is 4.98 Å². The molecule has 0 radical (unpaired) electrons. The molecule has 1 aliphatic heterocycles. The molecule has 0 spiro atoms. The summed E-state index contributed by atoms with van der Waals surface area (Å²) < 4.78 is 12.1. The highest BCUT2D eigenvalue weighted by Crippen LogP contribution is 2.36. The summed E-state index contributed by atoms with van der Waals surface area (Å²) in [5.74, 6) is 0. The van der Waals surface area contributed by atoms with Gasteiger partial charge in [0.15, 0.2) is 0 Å². The van der Waals surface area contributed by atoms with Gasteiger partial charge in [0.2, 0.25) is 0 Å². The maximum Gasteiger partial charge on any atom is 0.496 e. The molecule has 0 aliphatic carbocycles. The van der Waals surface area contributed by atoms with Crippen molar-refractivity contribution in [2.24, 2.45) is 0 Å². The smallest absolute Gasteiger partial charge is 0.399 e. The van der Waals surface area contributed by atoms with Crippen LogP contribution in [0.3, 0.4) is 0 Å². The highest BCUT2D eigenvalue weighted by molar-refractivity contribution is 6.62. The molecule has 1 aromatic carbocycles. The van der Waals surface area contributed by atoms with E-state index in [0.717, 1.165) is 22.7 Å². The first-order valence-corrected chi connectivity index (χ1v) is 7.03. The number of hydrogen-bond donors (Lipinski definition) is 0. The van der Waals surface area contributed by atoms with Gasteiger partial charge < -0.3 is 9.31 Å². The number of carbonyl (C=O) groups is 1. The van der Waals surface area contributed by atoms with Crippen LogP contribution in [0.2, 0.25) is 0 Å². The normalized spacial score (nSPS) is 19.9. The van der Waals surface area contributed by atoms with Crippen LogP contribution >= 0.6 is 0 Å². The quantitative estimate of drug-likeness (QED) is 0.627. The van der Waals surface area contributed by atoms with Gasteiger partial charge in [0, 0.05) is 17.2 Å². The van der Waals surface area contributed by atoms with Crippen molar-refractivity contribution in [3.63, 3.8) is 0 Å². The second kappa shape index (κ2) is 4.65. The van der Waals surface area contributed by atoms with Gasteiger partial charge in [0.25, 0.3) is 0 Å². The van der Waals surface area contributed by atoms with Crippen LogP contribution in [0.15, 0.2) is 30.5 Å². The Balaban J connectivity index is 1.97. The van der Waals surface area contributed by atoms with Gasteiger partial charge in [0.1, 0.15) is 6.29 Å². The van der Waals surface area contributed by atoms with Crippen LogP contribution in [0.4, 0.5) is 0 Å². The summed E-state index contributed by atoms with van der Waals surface area (Å²) in [7, 11) is -0.419. The van der Waals surface area contributed by atoms with E-state index in [0.29, 0.717) is 5.56 Å². The Labute approximate surface area is 124 Å². The van der Waals surface area contributed by atoms with Gasteiger partial charge in [0.05, 0.1) is 16.7 Å². The topological polar surface area (TPSA) is 48.4 Å². The molecule has 1 aromatic heterocycles. The number of rotatable bonds is 2. The van der Waals surface area contributed by atoms with E-state index in [9.17, 15) is 4.79 Å². The van der Waals surface area contributed by atoms with Crippen molar-refractivity contribution in [3.8, 4) is 0 Å². The van der Waals surface area contributed by atoms with Crippen molar-refractivity contribution in [1.82, 2.24) is 4.98 Å². The molecule has 1 saturated heterocycles. The molecule has 2 aromatic rings. The molecule has 1 aliphatic rings. The van der Waals surface area contributed by atoms with Crippen LogP contribution in [0, 0.1) is 0 Å². The Hall–Kier alpha value is -1.72. The highest BCUT2D eigenvalue weighted by Gasteiger charge is 2.51. The van der Waals surface area contributed by atoms with Gasteiger partial charge in [-0.3, -0.25) is 9.78 Å². The standard InChI is InChI=1S/C16H18BNO3/c1-15(2)16(3,4)21-17(20-15)13-8-12-6-5-11(10-19)7-14(12)18-9-13/h5-10H,1-4H3. The zero-order valence-corrected chi connectivity index (χ0v) is 12.7. The first-order valence-electron chi connectivity index (χ1n) is 7.03. The lowest BCUT2D eigenvalue weighted by molar-refractivity contribution is 0.00578. The third-order valence-corrected chi connectivity index (χ3v) is 4.39. The molecular formula is C16H18BNO3. The van der Waals surface area contributed by atoms with Crippen LogP contribution in [-0.4, -0.2) is 29.6 Å². The molecule has 3 rings (SSSR count). The fraction of sp³-hybridized carbons (Fsp3) is 0.375. The second-order valence-electron chi connectivity index (χ2n) is 6.43. The van der Waals surface area contributed by atoms with Crippen LogP contribution in [0.5, 0.6) is 0 Å². The van der Waals surface area contributed by atoms with Gasteiger partial charge in [-0.05, 0) is 39.1 Å². The van der Waals surface area contributed by atoms with Crippen molar-refractivity contribution in [1.29, 1.82) is 0 Å². The third kappa shape index (κ3) is 2.36. The maximum absolute atomic E-state index is 10.8. The van der Waals surface area contributed by atoms with Gasteiger partial charge in [-0.25, -0.2) is 0 Å². The Morgan fingerprint density at radius 3 is 2.38 bits per heavy atom. The highest BCUT2D eigenvalue weighted by atomic mass is 16.7. The van der Waals surface area contributed by atoms with Crippen molar-refractivity contribution in [2.75, 3.05) is 0 Å². The summed E-state index contributed by atoms with van der Waals surface area (Å²) in [6.45, 7) is 8.10. The predicted molar refractivity (Wildman–Crippen MR) is 82.8 cm³/mol. The SMILES string of the molecule is CC1(C)OB(c2cnc3cc(C=O)ccc3c2)OC1(C)C. The minimum absolute atomic E-state index is 0.367. The van der Waals surface area contributed by atoms with Crippen molar-refractivity contribution < 1.29 is 14.1 Å². The van der Waals surface area contributed by atoms with Crippen molar-refractivity contribution >= 4 is 29.8 Å². The largest absolute Gasteiger partial charge is 0.496 e. The predicted octanol–water partition coefficient (Wildman–Crippen LogP) is 2.35. The maximum atomic E-state index is 10.8. The molecule has 5 heteroatoms. The van der Waals surface area contributed by atoms with E-state index < -0.39 is 7.12 Å². The zero-order chi connectivity index (χ0) is 15.3. The van der Waals surface area contributed by atoms with Crippen LogP contribution < -0.4 is 5.46 Å². The number of fused-ring (bicyclic) bond motifs is 1. The molecule has 0 unspecified atom stereocenters. The number of pyridine rings is 1. The number of nitrogens with zero attached hydrogens (tertiary/aromatic N) is 1. The number of benzene rings is 1. The van der Waals surface area contributed by atoms with E-state index in [1.807, 2.05) is 39.8 Å². The molecule has 21 heavy (non-hydrogen) atoms. The lowest BCUT2D eigenvalue weighted by atomic mass is 9.80. The van der Waals surface area contributed by atoms with E-state index in [1.54, 1.807) is 18.3 Å². The number of aromatic nitrogens is 1. The third-order valence-electron chi connectivity index (χ3n) is 4.39. The van der Waals surface area contributed by atoms with Crippen molar-refractivity contribution in [2.45, 2.75) is 38.9 Å². The Morgan fingerprint density at radius 1 is 1.10 bits per heavy atom. The molecule has 0 amide bonds. The van der Waals surface area contributed by atoms with Gasteiger partial charge in [-0.2, -0.15) is 0 Å². The lowest BCUT2D eigenvalue weighted by Crippen LogP contribution is -2.41. The Bertz CT molecular complexity index is 696. The fourth-order valence-electron chi connectivity index (χ4n) is 2.34. The molecule has 0 atom stereocenters. The van der Waals surface area contributed by atoms with Gasteiger partial charge >= 0.3 is 7.12 Å².